The van der Waals surface area contributed by atoms with Gasteiger partial charge >= 0.3 is 0 Å². The van der Waals surface area contributed by atoms with Gasteiger partial charge in [-0.15, -0.1) is 0 Å². The molecule has 0 spiro atoms. The highest BCUT2D eigenvalue weighted by atomic mass is 16.5. The molecule has 8 nitrogen and oxygen atoms in total. The molecule has 2 aromatic rings. The van der Waals surface area contributed by atoms with Gasteiger partial charge in [0.1, 0.15) is 12.5 Å². The summed E-state index contributed by atoms with van der Waals surface area (Å²) < 4.78 is 9.43. The summed E-state index contributed by atoms with van der Waals surface area (Å²) in [6, 6.07) is 2.97. The first-order valence-corrected chi connectivity index (χ1v) is 8.28. The van der Waals surface area contributed by atoms with Gasteiger partial charge in [0.15, 0.2) is 11.4 Å². The Kier molecular flexibility index (Phi) is 4.61. The van der Waals surface area contributed by atoms with E-state index in [-0.39, 0.29) is 46.5 Å². The van der Waals surface area contributed by atoms with Gasteiger partial charge < -0.3 is 19.7 Å². The molecule has 0 aromatic carbocycles. The predicted molar refractivity (Wildman–Crippen MR) is 87.6 cm³/mol. The van der Waals surface area contributed by atoms with Gasteiger partial charge in [0.25, 0.3) is 11.8 Å². The molecule has 1 saturated carbocycles. The lowest BCUT2D eigenvalue weighted by Gasteiger charge is -2.31. The minimum atomic E-state index is -0.286. The standard InChI is InChI=1S/C17H22N4O4/c1-10-8-17(2,3)11(9-18-15(22)12-4-6-24-20-12)14(10)19-16(23)13-5-7-25-21-13/h4-7,10-11,14H,8-9H2,1-3H3,(H,18,22)(H,19,23)/t10-,11+,14-/m1/s1. The molecular formula is C17H22N4O4. The van der Waals surface area contributed by atoms with Crippen LogP contribution in [0, 0.1) is 17.3 Å². The topological polar surface area (TPSA) is 110 Å². The molecule has 0 unspecified atom stereocenters. The summed E-state index contributed by atoms with van der Waals surface area (Å²) in [6.07, 6.45) is 3.67. The van der Waals surface area contributed by atoms with E-state index in [9.17, 15) is 9.59 Å². The first-order chi connectivity index (χ1) is 11.9. The Morgan fingerprint density at radius 1 is 1.16 bits per heavy atom. The third kappa shape index (κ3) is 3.57. The highest BCUT2D eigenvalue weighted by Gasteiger charge is 2.47. The number of carbonyl (C=O) groups is 2. The zero-order chi connectivity index (χ0) is 18.0. The number of rotatable bonds is 5. The highest BCUT2D eigenvalue weighted by Crippen LogP contribution is 2.45. The van der Waals surface area contributed by atoms with Crippen LogP contribution < -0.4 is 10.6 Å². The fraction of sp³-hybridized carbons (Fsp3) is 0.529. The first kappa shape index (κ1) is 17.2. The van der Waals surface area contributed by atoms with E-state index < -0.39 is 0 Å². The molecule has 0 bridgehead atoms. The van der Waals surface area contributed by atoms with Crippen LogP contribution in [0.25, 0.3) is 0 Å². The average molecular weight is 346 g/mol. The van der Waals surface area contributed by atoms with Crippen molar-refractivity contribution in [3.8, 4) is 0 Å². The van der Waals surface area contributed by atoms with Crippen molar-refractivity contribution >= 4 is 11.8 Å². The van der Waals surface area contributed by atoms with Gasteiger partial charge in [0.05, 0.1) is 0 Å². The fourth-order valence-corrected chi connectivity index (χ4v) is 3.81. The molecule has 0 radical (unpaired) electrons. The van der Waals surface area contributed by atoms with Gasteiger partial charge in [-0.05, 0) is 17.8 Å². The summed E-state index contributed by atoms with van der Waals surface area (Å²) in [5, 5.41) is 13.3. The quantitative estimate of drug-likeness (QED) is 0.855. The molecular weight excluding hydrogens is 324 g/mol. The number of nitrogens with zero attached hydrogens (tertiary/aromatic N) is 2. The van der Waals surface area contributed by atoms with E-state index in [1.807, 2.05) is 0 Å². The molecule has 2 amide bonds. The number of amides is 2. The Hall–Kier alpha value is -2.64. The zero-order valence-corrected chi connectivity index (χ0v) is 14.5. The van der Waals surface area contributed by atoms with Crippen molar-refractivity contribution in [3.63, 3.8) is 0 Å². The van der Waals surface area contributed by atoms with Crippen molar-refractivity contribution in [3.05, 3.63) is 36.0 Å². The summed E-state index contributed by atoms with van der Waals surface area (Å²) in [4.78, 5) is 24.5. The van der Waals surface area contributed by atoms with Crippen LogP contribution in [0.4, 0.5) is 0 Å². The van der Waals surface area contributed by atoms with Gasteiger partial charge in [0.2, 0.25) is 0 Å². The third-order valence-electron chi connectivity index (χ3n) is 5.02. The molecule has 1 aliphatic carbocycles. The smallest absolute Gasteiger partial charge is 0.273 e. The lowest BCUT2D eigenvalue weighted by atomic mass is 9.80. The number of aromatic nitrogens is 2. The monoisotopic (exact) mass is 346 g/mol. The largest absolute Gasteiger partial charge is 0.364 e. The van der Waals surface area contributed by atoms with Crippen LogP contribution in [-0.4, -0.2) is 34.7 Å². The lowest BCUT2D eigenvalue weighted by molar-refractivity contribution is 0.0885. The van der Waals surface area contributed by atoms with Crippen molar-refractivity contribution in [2.45, 2.75) is 33.2 Å². The Morgan fingerprint density at radius 2 is 1.76 bits per heavy atom. The zero-order valence-electron chi connectivity index (χ0n) is 14.5. The van der Waals surface area contributed by atoms with Gasteiger partial charge in [-0.1, -0.05) is 31.1 Å². The van der Waals surface area contributed by atoms with Crippen molar-refractivity contribution in [2.24, 2.45) is 17.3 Å². The summed E-state index contributed by atoms with van der Waals surface area (Å²) in [5.74, 6) is -0.198. The van der Waals surface area contributed by atoms with Crippen molar-refractivity contribution in [2.75, 3.05) is 6.54 Å². The minimum absolute atomic E-state index is 0.0295. The van der Waals surface area contributed by atoms with Gasteiger partial charge in [-0.25, -0.2) is 0 Å². The predicted octanol–water partition coefficient (Wildman–Crippen LogP) is 1.87. The van der Waals surface area contributed by atoms with Crippen molar-refractivity contribution < 1.29 is 18.6 Å². The van der Waals surface area contributed by atoms with Crippen LogP contribution in [0.5, 0.6) is 0 Å². The maximum absolute atomic E-state index is 12.3. The lowest BCUT2D eigenvalue weighted by Crippen LogP contribution is -2.47. The molecule has 3 atom stereocenters. The average Bonchev–Trinajstić information content (AvgIpc) is 3.27. The van der Waals surface area contributed by atoms with E-state index in [4.69, 9.17) is 9.05 Å². The van der Waals surface area contributed by atoms with Gasteiger partial charge in [-0.2, -0.15) is 0 Å². The third-order valence-corrected chi connectivity index (χ3v) is 5.02. The normalized spacial score (nSPS) is 24.8. The maximum atomic E-state index is 12.3. The van der Waals surface area contributed by atoms with E-state index in [1.54, 1.807) is 0 Å². The van der Waals surface area contributed by atoms with E-state index in [0.29, 0.717) is 6.54 Å². The van der Waals surface area contributed by atoms with Crippen molar-refractivity contribution in [1.29, 1.82) is 0 Å². The molecule has 0 saturated heterocycles. The molecule has 1 fully saturated rings. The summed E-state index contributed by atoms with van der Waals surface area (Å²) in [5.41, 5.74) is 0.465. The van der Waals surface area contributed by atoms with E-state index in [2.05, 4.69) is 41.7 Å². The Labute approximate surface area is 145 Å². The van der Waals surface area contributed by atoms with Gasteiger partial charge in [-0.3, -0.25) is 9.59 Å². The molecule has 2 N–H and O–H groups in total. The number of nitrogens with one attached hydrogen (secondary N) is 2. The van der Waals surface area contributed by atoms with Gasteiger partial charge in [0, 0.05) is 30.6 Å². The van der Waals surface area contributed by atoms with Crippen LogP contribution in [-0.2, 0) is 0 Å². The molecule has 25 heavy (non-hydrogen) atoms. The van der Waals surface area contributed by atoms with E-state index in [1.165, 1.54) is 24.7 Å². The summed E-state index contributed by atoms with van der Waals surface area (Å²) >= 11 is 0. The molecule has 3 rings (SSSR count). The fourth-order valence-electron chi connectivity index (χ4n) is 3.81. The van der Waals surface area contributed by atoms with Crippen molar-refractivity contribution in [1.82, 2.24) is 20.9 Å². The van der Waals surface area contributed by atoms with Crippen LogP contribution in [0.1, 0.15) is 48.2 Å². The number of hydrogen-bond acceptors (Lipinski definition) is 6. The summed E-state index contributed by atoms with van der Waals surface area (Å²) in [7, 11) is 0. The van der Waals surface area contributed by atoms with Crippen LogP contribution in [0.15, 0.2) is 33.7 Å². The second kappa shape index (κ2) is 6.70. The number of carbonyl (C=O) groups excluding carboxylic acids is 2. The molecule has 8 heteroatoms. The Balaban J connectivity index is 1.69. The minimum Gasteiger partial charge on any atom is -0.364 e. The van der Waals surface area contributed by atoms with Crippen LogP contribution >= 0.6 is 0 Å². The maximum Gasteiger partial charge on any atom is 0.273 e. The van der Waals surface area contributed by atoms with E-state index >= 15 is 0 Å². The van der Waals surface area contributed by atoms with Crippen LogP contribution in [0.2, 0.25) is 0 Å². The van der Waals surface area contributed by atoms with Crippen LogP contribution in [0.3, 0.4) is 0 Å². The first-order valence-electron chi connectivity index (χ1n) is 8.28. The Bertz CT molecular complexity index is 724. The molecule has 1 aliphatic rings. The Morgan fingerprint density at radius 3 is 2.32 bits per heavy atom. The molecule has 2 aromatic heterocycles. The summed E-state index contributed by atoms with van der Waals surface area (Å²) in [6.45, 7) is 6.85. The highest BCUT2D eigenvalue weighted by molar-refractivity contribution is 5.92. The SMILES string of the molecule is C[C@@H]1CC(C)(C)[C@@H](CNC(=O)c2ccon2)[C@@H]1NC(=O)c1ccon1. The molecule has 134 valence electrons. The second-order valence-electron chi connectivity index (χ2n) is 7.26. The van der Waals surface area contributed by atoms with E-state index in [0.717, 1.165) is 6.42 Å². The molecule has 2 heterocycles. The molecule has 0 aliphatic heterocycles. The number of hydrogen-bond donors (Lipinski definition) is 2. The second-order valence-corrected chi connectivity index (χ2v) is 7.26.